The Bertz CT molecular complexity index is 780. The lowest BCUT2D eigenvalue weighted by Crippen LogP contribution is -2.35. The predicted octanol–water partition coefficient (Wildman–Crippen LogP) is 3.36. The van der Waals surface area contributed by atoms with Gasteiger partial charge in [0.1, 0.15) is 6.54 Å². The van der Waals surface area contributed by atoms with Crippen molar-refractivity contribution in [3.05, 3.63) is 50.6 Å². The minimum atomic E-state index is -1.07. The second kappa shape index (κ2) is 8.84. The monoisotopic (exact) mass is 400 g/mol. The lowest BCUT2D eigenvalue weighted by Gasteiger charge is -2.14. The topological polar surface area (TPSA) is 84.5 Å². The van der Waals surface area contributed by atoms with Crippen LogP contribution >= 0.6 is 34.5 Å². The number of rotatable bonds is 6. The predicted molar refractivity (Wildman–Crippen MR) is 97.3 cm³/mol. The summed E-state index contributed by atoms with van der Waals surface area (Å²) in [6.07, 6.45) is -1.07. The van der Waals surface area contributed by atoms with E-state index in [0.717, 1.165) is 0 Å². The maximum absolute atomic E-state index is 12.1. The van der Waals surface area contributed by atoms with E-state index in [-0.39, 0.29) is 12.5 Å². The first-order chi connectivity index (χ1) is 11.9. The van der Waals surface area contributed by atoms with Crippen LogP contribution in [0.5, 0.6) is 0 Å². The van der Waals surface area contributed by atoms with Crippen molar-refractivity contribution in [2.75, 3.05) is 11.9 Å². The minimum absolute atomic E-state index is 0.305. The van der Waals surface area contributed by atoms with Crippen LogP contribution < -0.4 is 10.6 Å². The number of hydrogen-bond donors (Lipinski definition) is 2. The molecule has 1 aromatic heterocycles. The Kier molecular flexibility index (Phi) is 6.81. The Morgan fingerprint density at radius 1 is 1.24 bits per heavy atom. The third kappa shape index (κ3) is 5.74. The molecule has 0 bridgehead atoms. The van der Waals surface area contributed by atoms with E-state index in [1.807, 2.05) is 0 Å². The number of carbonyl (C=O) groups excluding carboxylic acids is 3. The molecule has 1 heterocycles. The van der Waals surface area contributed by atoms with E-state index in [1.165, 1.54) is 30.4 Å². The van der Waals surface area contributed by atoms with Crippen molar-refractivity contribution in [2.24, 2.45) is 0 Å². The summed E-state index contributed by atoms with van der Waals surface area (Å²) in [6.45, 7) is 1.07. The first-order valence-electron chi connectivity index (χ1n) is 7.14. The summed E-state index contributed by atoms with van der Waals surface area (Å²) in [6, 6.07) is 7.97. The zero-order chi connectivity index (χ0) is 18.4. The molecule has 132 valence electrons. The van der Waals surface area contributed by atoms with Crippen molar-refractivity contribution < 1.29 is 19.1 Å². The van der Waals surface area contributed by atoms with Crippen LogP contribution in [0.1, 0.15) is 16.6 Å². The zero-order valence-electron chi connectivity index (χ0n) is 13.0. The molecule has 1 atom stereocenters. The number of ether oxygens (including phenoxy) is 1. The van der Waals surface area contributed by atoms with Crippen LogP contribution in [0.3, 0.4) is 0 Å². The molecule has 2 aromatic rings. The summed E-state index contributed by atoms with van der Waals surface area (Å²) in [5.74, 6) is -1.68. The van der Waals surface area contributed by atoms with Crippen molar-refractivity contribution in [3.8, 4) is 0 Å². The summed E-state index contributed by atoms with van der Waals surface area (Å²) >= 11 is 13.1. The molecule has 1 aromatic carbocycles. The van der Waals surface area contributed by atoms with Crippen LogP contribution in [-0.4, -0.2) is 30.4 Å². The van der Waals surface area contributed by atoms with Gasteiger partial charge in [0.25, 0.3) is 11.8 Å². The van der Waals surface area contributed by atoms with Gasteiger partial charge in [0.15, 0.2) is 6.10 Å². The van der Waals surface area contributed by atoms with Gasteiger partial charge in [0.2, 0.25) is 0 Å². The quantitative estimate of drug-likeness (QED) is 0.728. The average molecular weight is 401 g/mol. The molecule has 0 radical (unpaired) electrons. The molecule has 25 heavy (non-hydrogen) atoms. The minimum Gasteiger partial charge on any atom is -0.451 e. The van der Waals surface area contributed by atoms with Crippen molar-refractivity contribution in [1.29, 1.82) is 0 Å². The standard InChI is InChI=1S/C16H14Cl2N2O4S/c1-9(15(22)20-12-7-10(17)4-5-11(12)18)24-14(21)8-19-16(23)13-3-2-6-25-13/h2-7,9H,8H2,1H3,(H,19,23)(H,20,22)/t9-/m1/s1. The fourth-order valence-electron chi connectivity index (χ4n) is 1.77. The van der Waals surface area contributed by atoms with Gasteiger partial charge in [-0.15, -0.1) is 11.3 Å². The molecule has 2 N–H and O–H groups in total. The zero-order valence-corrected chi connectivity index (χ0v) is 15.4. The number of hydrogen-bond acceptors (Lipinski definition) is 5. The number of esters is 1. The molecule has 0 spiro atoms. The van der Waals surface area contributed by atoms with Crippen molar-refractivity contribution >= 4 is 58.0 Å². The highest BCUT2D eigenvalue weighted by Gasteiger charge is 2.19. The van der Waals surface area contributed by atoms with Crippen LogP contribution in [0.25, 0.3) is 0 Å². The van der Waals surface area contributed by atoms with Gasteiger partial charge >= 0.3 is 5.97 Å². The van der Waals surface area contributed by atoms with Gasteiger partial charge in [-0.2, -0.15) is 0 Å². The molecule has 6 nitrogen and oxygen atoms in total. The number of anilines is 1. The second-order valence-electron chi connectivity index (χ2n) is 4.91. The number of benzene rings is 1. The van der Waals surface area contributed by atoms with Gasteiger partial charge in [-0.3, -0.25) is 14.4 Å². The average Bonchev–Trinajstić information content (AvgIpc) is 3.10. The van der Waals surface area contributed by atoms with E-state index in [1.54, 1.807) is 23.6 Å². The molecule has 0 saturated heterocycles. The fourth-order valence-corrected chi connectivity index (χ4v) is 2.74. The Morgan fingerprint density at radius 3 is 2.68 bits per heavy atom. The van der Waals surface area contributed by atoms with Crippen molar-refractivity contribution in [2.45, 2.75) is 13.0 Å². The van der Waals surface area contributed by atoms with E-state index >= 15 is 0 Å². The fraction of sp³-hybridized carbons (Fsp3) is 0.188. The van der Waals surface area contributed by atoms with E-state index < -0.39 is 18.0 Å². The number of halogens is 2. The normalized spacial score (nSPS) is 11.5. The van der Waals surface area contributed by atoms with Gasteiger partial charge in [0.05, 0.1) is 15.6 Å². The van der Waals surface area contributed by atoms with Crippen LogP contribution in [0.2, 0.25) is 10.0 Å². The molecule has 2 amide bonds. The van der Waals surface area contributed by atoms with Gasteiger partial charge in [-0.1, -0.05) is 29.3 Å². The van der Waals surface area contributed by atoms with Gasteiger partial charge in [0, 0.05) is 5.02 Å². The van der Waals surface area contributed by atoms with Gasteiger partial charge in [-0.05, 0) is 36.6 Å². The molecule has 0 aliphatic heterocycles. The SMILES string of the molecule is C[C@@H](OC(=O)CNC(=O)c1cccs1)C(=O)Nc1cc(Cl)ccc1Cl. The highest BCUT2D eigenvalue weighted by molar-refractivity contribution is 7.12. The molecule has 0 aliphatic carbocycles. The highest BCUT2D eigenvalue weighted by Crippen LogP contribution is 2.25. The molecule has 9 heteroatoms. The number of carbonyl (C=O) groups is 3. The maximum atomic E-state index is 12.1. The number of thiophene rings is 1. The summed E-state index contributed by atoms with van der Waals surface area (Å²) < 4.78 is 4.98. The molecule has 0 saturated carbocycles. The summed E-state index contributed by atoms with van der Waals surface area (Å²) in [5, 5.41) is 7.41. The van der Waals surface area contributed by atoms with E-state index in [9.17, 15) is 14.4 Å². The van der Waals surface area contributed by atoms with E-state index in [4.69, 9.17) is 27.9 Å². The van der Waals surface area contributed by atoms with Crippen LogP contribution in [-0.2, 0) is 14.3 Å². The Hall–Kier alpha value is -2.09. The van der Waals surface area contributed by atoms with Crippen LogP contribution in [0.15, 0.2) is 35.7 Å². The van der Waals surface area contributed by atoms with E-state index in [0.29, 0.717) is 20.6 Å². The maximum Gasteiger partial charge on any atom is 0.326 e. The van der Waals surface area contributed by atoms with Crippen molar-refractivity contribution in [1.82, 2.24) is 5.32 Å². The molecule has 2 rings (SSSR count). The third-order valence-electron chi connectivity index (χ3n) is 3.00. The van der Waals surface area contributed by atoms with Crippen LogP contribution in [0, 0.1) is 0 Å². The molecule has 0 fully saturated rings. The largest absolute Gasteiger partial charge is 0.451 e. The lowest BCUT2D eigenvalue weighted by atomic mass is 10.3. The molecular formula is C16H14Cl2N2O4S. The Morgan fingerprint density at radius 2 is 2.00 bits per heavy atom. The number of nitrogens with one attached hydrogen (secondary N) is 2. The van der Waals surface area contributed by atoms with Crippen molar-refractivity contribution in [3.63, 3.8) is 0 Å². The van der Waals surface area contributed by atoms with Crippen LogP contribution in [0.4, 0.5) is 5.69 Å². The smallest absolute Gasteiger partial charge is 0.326 e. The van der Waals surface area contributed by atoms with Gasteiger partial charge in [-0.25, -0.2) is 0 Å². The number of amides is 2. The van der Waals surface area contributed by atoms with Gasteiger partial charge < -0.3 is 15.4 Å². The summed E-state index contributed by atoms with van der Waals surface area (Å²) in [5.41, 5.74) is 0.313. The highest BCUT2D eigenvalue weighted by atomic mass is 35.5. The first-order valence-corrected chi connectivity index (χ1v) is 8.77. The van der Waals surface area contributed by atoms with E-state index in [2.05, 4.69) is 10.6 Å². The molecule has 0 unspecified atom stereocenters. The molecular weight excluding hydrogens is 387 g/mol. The molecule has 0 aliphatic rings. The third-order valence-corrected chi connectivity index (χ3v) is 4.44. The second-order valence-corrected chi connectivity index (χ2v) is 6.70. The Balaban J connectivity index is 1.82. The summed E-state index contributed by atoms with van der Waals surface area (Å²) in [4.78, 5) is 36.0. The Labute approximate surface area is 158 Å². The lowest BCUT2D eigenvalue weighted by molar-refractivity contribution is -0.152. The first kappa shape index (κ1) is 19.2. The summed E-state index contributed by atoms with van der Waals surface area (Å²) in [7, 11) is 0.